The Hall–Kier alpha value is -3.29. The van der Waals surface area contributed by atoms with Crippen LogP contribution in [0.1, 0.15) is 30.0 Å². The van der Waals surface area contributed by atoms with Crippen LogP contribution in [-0.2, 0) is 22.2 Å². The number of carbonyl (C=O) groups excluding carboxylic acids is 1. The monoisotopic (exact) mass is 407 g/mol. The maximum Gasteiger partial charge on any atom is 0.416 e. The van der Waals surface area contributed by atoms with Gasteiger partial charge in [-0.05, 0) is 54.5 Å². The van der Waals surface area contributed by atoms with E-state index in [9.17, 15) is 22.8 Å². The van der Waals surface area contributed by atoms with E-state index >= 15 is 0 Å². The van der Waals surface area contributed by atoms with Crippen molar-refractivity contribution in [3.8, 4) is 5.75 Å². The van der Waals surface area contributed by atoms with Gasteiger partial charge < -0.3 is 15.2 Å². The van der Waals surface area contributed by atoms with Crippen LogP contribution in [0.25, 0.3) is 6.08 Å². The maximum absolute atomic E-state index is 12.6. The number of hydrogen-bond acceptors (Lipinski definition) is 3. The number of carbonyl (C=O) groups is 2. The summed E-state index contributed by atoms with van der Waals surface area (Å²) >= 11 is 0. The smallest absolute Gasteiger partial charge is 0.416 e. The summed E-state index contributed by atoms with van der Waals surface area (Å²) in [6, 6.07) is 9.08. The van der Waals surface area contributed by atoms with Crippen LogP contribution in [-0.4, -0.2) is 24.1 Å². The van der Waals surface area contributed by atoms with Crippen LogP contribution in [0, 0.1) is 0 Å². The Bertz CT molecular complexity index is 919. The van der Waals surface area contributed by atoms with Gasteiger partial charge in [-0.15, -0.1) is 0 Å². The van der Waals surface area contributed by atoms with E-state index in [-0.39, 0.29) is 17.7 Å². The quantitative estimate of drug-likeness (QED) is 0.648. The average Bonchev–Trinajstić information content (AvgIpc) is 2.65. The Labute approximate surface area is 165 Å². The van der Waals surface area contributed by atoms with Crippen molar-refractivity contribution >= 4 is 23.6 Å². The molecule has 0 aromatic heterocycles. The lowest BCUT2D eigenvalue weighted by atomic mass is 10.0. The summed E-state index contributed by atoms with van der Waals surface area (Å²) in [5.74, 6) is -1.03. The number of anilines is 1. The summed E-state index contributed by atoms with van der Waals surface area (Å²) < 4.78 is 43.1. The molecule has 154 valence electrons. The molecule has 1 amide bonds. The highest BCUT2D eigenvalue weighted by Crippen LogP contribution is 2.30. The summed E-state index contributed by atoms with van der Waals surface area (Å²) in [5, 5.41) is 11.7. The third-order valence-electron chi connectivity index (χ3n) is 4.15. The molecule has 0 saturated carbocycles. The molecule has 0 aliphatic heterocycles. The van der Waals surface area contributed by atoms with Crippen molar-refractivity contribution in [3.05, 3.63) is 64.7 Å². The lowest BCUT2D eigenvalue weighted by Gasteiger charge is -2.11. The molecule has 2 N–H and O–H groups in total. The molecule has 0 spiro atoms. The number of rotatable bonds is 7. The van der Waals surface area contributed by atoms with Gasteiger partial charge in [0.2, 0.25) is 5.91 Å². The van der Waals surface area contributed by atoms with Crippen LogP contribution in [0.2, 0.25) is 0 Å². The van der Waals surface area contributed by atoms with E-state index in [0.717, 1.165) is 12.1 Å². The molecule has 2 aromatic rings. The third-order valence-corrected chi connectivity index (χ3v) is 4.15. The molecule has 5 nitrogen and oxygen atoms in total. The first-order chi connectivity index (χ1) is 13.6. The SMILES string of the molecule is CCC(=Cc1ccc(OC)c(CC(=O)Nc2ccc(C(F)(F)F)cc2)c1)C(=O)O. The highest BCUT2D eigenvalue weighted by atomic mass is 19.4. The van der Waals surface area contributed by atoms with Crippen molar-refractivity contribution in [2.75, 3.05) is 12.4 Å². The van der Waals surface area contributed by atoms with Crippen molar-refractivity contribution in [1.82, 2.24) is 0 Å². The summed E-state index contributed by atoms with van der Waals surface area (Å²) in [4.78, 5) is 23.5. The summed E-state index contributed by atoms with van der Waals surface area (Å²) in [6.07, 6.45) is -2.69. The fourth-order valence-corrected chi connectivity index (χ4v) is 2.66. The zero-order valence-corrected chi connectivity index (χ0v) is 15.8. The molecule has 0 aliphatic rings. The second kappa shape index (κ2) is 9.27. The second-order valence-electron chi connectivity index (χ2n) is 6.20. The van der Waals surface area contributed by atoms with Crippen molar-refractivity contribution in [2.24, 2.45) is 0 Å². The molecule has 0 unspecified atom stereocenters. The zero-order chi connectivity index (χ0) is 21.6. The van der Waals surface area contributed by atoms with Gasteiger partial charge in [-0.3, -0.25) is 4.79 Å². The fourth-order valence-electron chi connectivity index (χ4n) is 2.66. The van der Waals surface area contributed by atoms with E-state index in [4.69, 9.17) is 9.84 Å². The second-order valence-corrected chi connectivity index (χ2v) is 6.20. The van der Waals surface area contributed by atoms with Crippen LogP contribution >= 0.6 is 0 Å². The van der Waals surface area contributed by atoms with Crippen molar-refractivity contribution in [1.29, 1.82) is 0 Å². The number of methoxy groups -OCH3 is 1. The first-order valence-electron chi connectivity index (χ1n) is 8.72. The van der Waals surface area contributed by atoms with E-state index in [2.05, 4.69) is 5.32 Å². The Morgan fingerprint density at radius 2 is 1.79 bits per heavy atom. The molecule has 0 atom stereocenters. The van der Waals surface area contributed by atoms with Crippen LogP contribution in [0.15, 0.2) is 48.0 Å². The number of nitrogens with one attached hydrogen (secondary N) is 1. The van der Waals surface area contributed by atoms with Gasteiger partial charge >= 0.3 is 12.1 Å². The van der Waals surface area contributed by atoms with E-state index in [1.165, 1.54) is 25.3 Å². The van der Waals surface area contributed by atoms with Gasteiger partial charge in [0.15, 0.2) is 0 Å². The molecular weight excluding hydrogens is 387 g/mol. The minimum atomic E-state index is -4.45. The van der Waals surface area contributed by atoms with Gasteiger partial charge in [0.25, 0.3) is 0 Å². The number of carboxylic acid groups (broad SMARTS) is 1. The number of carboxylic acids is 1. The largest absolute Gasteiger partial charge is 0.496 e. The van der Waals surface area contributed by atoms with Crippen LogP contribution in [0.4, 0.5) is 18.9 Å². The molecule has 0 heterocycles. The van der Waals surface area contributed by atoms with Crippen molar-refractivity contribution in [3.63, 3.8) is 0 Å². The van der Waals surface area contributed by atoms with Crippen LogP contribution in [0.5, 0.6) is 5.75 Å². The number of halogens is 3. The molecule has 2 aromatic carbocycles. The molecular formula is C21H20F3NO4. The first kappa shape index (κ1) is 22.0. The predicted octanol–water partition coefficient (Wildman–Crippen LogP) is 4.77. The van der Waals surface area contributed by atoms with Gasteiger partial charge in [0.05, 0.1) is 19.1 Å². The Balaban J connectivity index is 2.18. The first-order valence-corrected chi connectivity index (χ1v) is 8.72. The molecule has 8 heteroatoms. The minimum Gasteiger partial charge on any atom is -0.496 e. The molecule has 0 saturated heterocycles. The van der Waals surface area contributed by atoms with Gasteiger partial charge in [-0.1, -0.05) is 13.0 Å². The summed E-state index contributed by atoms with van der Waals surface area (Å²) in [5.41, 5.74) is 0.767. The van der Waals surface area contributed by atoms with Gasteiger partial charge in [-0.2, -0.15) is 13.2 Å². The molecule has 0 bridgehead atoms. The fraction of sp³-hybridized carbons (Fsp3) is 0.238. The van der Waals surface area contributed by atoms with Gasteiger partial charge in [0.1, 0.15) is 5.75 Å². The van der Waals surface area contributed by atoms with Crippen LogP contribution < -0.4 is 10.1 Å². The maximum atomic E-state index is 12.6. The Morgan fingerprint density at radius 3 is 2.31 bits per heavy atom. The zero-order valence-electron chi connectivity index (χ0n) is 15.8. The van der Waals surface area contributed by atoms with E-state index in [1.807, 2.05) is 0 Å². The predicted molar refractivity (Wildman–Crippen MR) is 103 cm³/mol. The number of alkyl halides is 3. The number of aliphatic carboxylic acids is 1. The van der Waals surface area contributed by atoms with Gasteiger partial charge in [-0.25, -0.2) is 4.79 Å². The van der Waals surface area contributed by atoms with E-state index in [1.54, 1.807) is 25.1 Å². The lowest BCUT2D eigenvalue weighted by Crippen LogP contribution is -2.15. The standard InChI is InChI=1S/C21H20F3NO4/c1-3-14(20(27)28)10-13-4-9-18(29-2)15(11-13)12-19(26)25-17-7-5-16(6-8-17)21(22,23)24/h4-11H,3,12H2,1-2H3,(H,25,26)(H,27,28). The molecule has 29 heavy (non-hydrogen) atoms. The molecule has 0 aliphatic carbocycles. The van der Waals surface area contributed by atoms with Crippen molar-refractivity contribution in [2.45, 2.75) is 25.9 Å². The molecule has 0 fully saturated rings. The number of amides is 1. The highest BCUT2D eigenvalue weighted by molar-refractivity contribution is 5.93. The van der Waals surface area contributed by atoms with Crippen molar-refractivity contribution < 1.29 is 32.6 Å². The van der Waals surface area contributed by atoms with E-state index < -0.39 is 23.6 Å². The number of benzene rings is 2. The van der Waals surface area contributed by atoms with Crippen LogP contribution in [0.3, 0.4) is 0 Å². The topological polar surface area (TPSA) is 75.6 Å². The third kappa shape index (κ3) is 6.10. The molecule has 2 rings (SSSR count). The molecule has 0 radical (unpaired) electrons. The van der Waals surface area contributed by atoms with E-state index in [0.29, 0.717) is 23.3 Å². The average molecular weight is 407 g/mol. The van der Waals surface area contributed by atoms with Gasteiger partial charge in [0, 0.05) is 16.8 Å². The normalized spacial score (nSPS) is 11.8. The Kier molecular flexibility index (Phi) is 7.03. The Morgan fingerprint density at radius 1 is 1.14 bits per heavy atom. The minimum absolute atomic E-state index is 0.0968. The summed E-state index contributed by atoms with van der Waals surface area (Å²) in [6.45, 7) is 1.72. The number of hydrogen-bond donors (Lipinski definition) is 2. The summed E-state index contributed by atoms with van der Waals surface area (Å²) in [7, 11) is 1.44. The highest BCUT2D eigenvalue weighted by Gasteiger charge is 2.30. The lowest BCUT2D eigenvalue weighted by molar-refractivity contribution is -0.137. The number of ether oxygens (including phenoxy) is 1.